The van der Waals surface area contributed by atoms with Gasteiger partial charge >= 0.3 is 0 Å². The monoisotopic (exact) mass is 408 g/mol. The SMILES string of the molecule is Cc1nn(CN2CCC[C@H]2c2cccs2)c(C)c1S(=O)(=O)N1CCCCC1. The molecule has 0 radical (unpaired) electrons. The van der Waals surface area contributed by atoms with Crippen molar-refractivity contribution in [1.82, 2.24) is 19.0 Å². The van der Waals surface area contributed by atoms with E-state index in [1.165, 1.54) is 11.3 Å². The maximum absolute atomic E-state index is 13.2. The molecule has 4 rings (SSSR count). The van der Waals surface area contributed by atoms with E-state index in [1.807, 2.05) is 18.5 Å². The molecule has 2 aromatic heterocycles. The van der Waals surface area contributed by atoms with Gasteiger partial charge < -0.3 is 0 Å². The molecule has 0 spiro atoms. The fourth-order valence-corrected chi connectivity index (χ4v) is 7.18. The third-order valence-corrected chi connectivity index (χ3v) is 8.90. The van der Waals surface area contributed by atoms with Gasteiger partial charge in [0, 0.05) is 30.6 Å². The molecule has 2 aromatic rings. The molecule has 4 heterocycles. The number of aryl methyl sites for hydroxylation is 1. The van der Waals surface area contributed by atoms with E-state index in [0.29, 0.717) is 36.4 Å². The molecular formula is C19H28N4O2S2. The van der Waals surface area contributed by atoms with Crippen LogP contribution >= 0.6 is 11.3 Å². The topological polar surface area (TPSA) is 58.4 Å². The average Bonchev–Trinajstić information content (AvgIpc) is 3.37. The number of nitrogens with zero attached hydrogens (tertiary/aromatic N) is 4. The highest BCUT2D eigenvalue weighted by Crippen LogP contribution is 2.35. The number of thiophene rings is 1. The Kier molecular flexibility index (Phi) is 5.42. The number of piperidine rings is 1. The summed E-state index contributed by atoms with van der Waals surface area (Å²) >= 11 is 1.80. The lowest BCUT2D eigenvalue weighted by Crippen LogP contribution is -2.36. The van der Waals surface area contributed by atoms with Gasteiger partial charge in [0.05, 0.1) is 18.1 Å². The lowest BCUT2D eigenvalue weighted by molar-refractivity contribution is 0.191. The van der Waals surface area contributed by atoms with Gasteiger partial charge in [-0.2, -0.15) is 9.40 Å². The third kappa shape index (κ3) is 3.60. The van der Waals surface area contributed by atoms with Gasteiger partial charge in [0.2, 0.25) is 10.0 Å². The third-order valence-electron chi connectivity index (χ3n) is 5.78. The van der Waals surface area contributed by atoms with Gasteiger partial charge in [-0.15, -0.1) is 11.3 Å². The minimum atomic E-state index is -3.46. The van der Waals surface area contributed by atoms with E-state index in [-0.39, 0.29) is 0 Å². The molecule has 148 valence electrons. The van der Waals surface area contributed by atoms with Crippen LogP contribution in [0.5, 0.6) is 0 Å². The zero-order valence-corrected chi connectivity index (χ0v) is 17.7. The predicted octanol–water partition coefficient (Wildman–Crippen LogP) is 3.53. The number of hydrogen-bond donors (Lipinski definition) is 0. The van der Waals surface area contributed by atoms with E-state index in [9.17, 15) is 8.42 Å². The summed E-state index contributed by atoms with van der Waals surface area (Å²) in [5.74, 6) is 0. The van der Waals surface area contributed by atoms with Crippen LogP contribution in [0.15, 0.2) is 22.4 Å². The highest BCUT2D eigenvalue weighted by molar-refractivity contribution is 7.89. The summed E-state index contributed by atoms with van der Waals surface area (Å²) in [6, 6.07) is 4.71. The van der Waals surface area contributed by atoms with Gasteiger partial charge in [-0.1, -0.05) is 12.5 Å². The van der Waals surface area contributed by atoms with Crippen molar-refractivity contribution in [2.75, 3.05) is 19.6 Å². The maximum atomic E-state index is 13.2. The minimum absolute atomic E-state index is 0.413. The van der Waals surface area contributed by atoms with Crippen molar-refractivity contribution in [3.63, 3.8) is 0 Å². The summed E-state index contributed by atoms with van der Waals surface area (Å²) < 4.78 is 29.9. The molecule has 0 N–H and O–H groups in total. The first-order chi connectivity index (χ1) is 13.0. The second-order valence-corrected chi connectivity index (χ2v) is 10.4. The molecular weight excluding hydrogens is 380 g/mol. The Bertz CT molecular complexity index is 883. The molecule has 0 bridgehead atoms. The van der Waals surface area contributed by atoms with Gasteiger partial charge in [0.1, 0.15) is 4.90 Å². The van der Waals surface area contributed by atoms with E-state index < -0.39 is 10.0 Å². The predicted molar refractivity (Wildman–Crippen MR) is 107 cm³/mol. The van der Waals surface area contributed by atoms with E-state index in [2.05, 4.69) is 27.5 Å². The fourth-order valence-electron chi connectivity index (χ4n) is 4.40. The van der Waals surface area contributed by atoms with Crippen LogP contribution in [-0.4, -0.2) is 47.0 Å². The van der Waals surface area contributed by atoms with Crippen molar-refractivity contribution in [3.05, 3.63) is 33.8 Å². The number of rotatable bonds is 5. The van der Waals surface area contributed by atoms with E-state index in [0.717, 1.165) is 37.9 Å². The van der Waals surface area contributed by atoms with Crippen LogP contribution in [0.2, 0.25) is 0 Å². The summed E-state index contributed by atoms with van der Waals surface area (Å²) in [6.07, 6.45) is 5.32. The van der Waals surface area contributed by atoms with Gasteiger partial charge in [0.15, 0.2) is 0 Å². The van der Waals surface area contributed by atoms with Crippen molar-refractivity contribution in [2.24, 2.45) is 0 Å². The van der Waals surface area contributed by atoms with Crippen LogP contribution in [0.3, 0.4) is 0 Å². The molecule has 2 aliphatic rings. The number of sulfonamides is 1. The van der Waals surface area contributed by atoms with Gasteiger partial charge in [-0.3, -0.25) is 9.58 Å². The highest BCUT2D eigenvalue weighted by Gasteiger charge is 2.33. The maximum Gasteiger partial charge on any atom is 0.246 e. The van der Waals surface area contributed by atoms with Gasteiger partial charge in [-0.05, 0) is 51.0 Å². The quantitative estimate of drug-likeness (QED) is 0.759. The molecule has 1 atom stereocenters. The van der Waals surface area contributed by atoms with E-state index in [4.69, 9.17) is 0 Å². The second-order valence-electron chi connectivity index (χ2n) is 7.59. The smallest absolute Gasteiger partial charge is 0.246 e. The summed E-state index contributed by atoms with van der Waals surface area (Å²) in [7, 11) is -3.46. The van der Waals surface area contributed by atoms with E-state index >= 15 is 0 Å². The largest absolute Gasteiger partial charge is 0.276 e. The number of likely N-dealkylation sites (tertiary alicyclic amines) is 1. The fraction of sp³-hybridized carbons (Fsp3) is 0.632. The minimum Gasteiger partial charge on any atom is -0.276 e. The van der Waals surface area contributed by atoms with Gasteiger partial charge in [-0.25, -0.2) is 8.42 Å². The van der Waals surface area contributed by atoms with E-state index in [1.54, 1.807) is 15.6 Å². The lowest BCUT2D eigenvalue weighted by atomic mass is 10.2. The lowest BCUT2D eigenvalue weighted by Gasteiger charge is -2.26. The number of aromatic nitrogens is 2. The average molecular weight is 409 g/mol. The summed E-state index contributed by atoms with van der Waals surface area (Å²) in [5, 5.41) is 6.75. The first-order valence-electron chi connectivity index (χ1n) is 9.80. The number of hydrogen-bond acceptors (Lipinski definition) is 5. The van der Waals surface area contributed by atoms with Crippen molar-refractivity contribution in [3.8, 4) is 0 Å². The standard InChI is InChI=1S/C19H28N4O2S2/c1-15-19(27(24,25)22-11-4-3-5-12-22)16(2)23(20-15)14-21-10-6-8-17(21)18-9-7-13-26-18/h7,9,13,17H,3-6,8,10-12,14H2,1-2H3/t17-/m0/s1. The molecule has 0 aromatic carbocycles. The van der Waals surface area contributed by atoms with Crippen LogP contribution in [0.4, 0.5) is 0 Å². The van der Waals surface area contributed by atoms with Crippen LogP contribution in [0.1, 0.15) is 54.4 Å². The molecule has 6 nitrogen and oxygen atoms in total. The van der Waals surface area contributed by atoms with Crippen LogP contribution in [-0.2, 0) is 16.7 Å². The van der Waals surface area contributed by atoms with Crippen molar-refractivity contribution >= 4 is 21.4 Å². The Morgan fingerprint density at radius 1 is 1.15 bits per heavy atom. The van der Waals surface area contributed by atoms with Crippen molar-refractivity contribution in [2.45, 2.75) is 63.6 Å². The molecule has 8 heteroatoms. The molecule has 0 amide bonds. The summed E-state index contributed by atoms with van der Waals surface area (Å²) in [6.45, 7) is 6.63. The Balaban J connectivity index is 1.59. The van der Waals surface area contributed by atoms with Gasteiger partial charge in [0.25, 0.3) is 0 Å². The highest BCUT2D eigenvalue weighted by atomic mass is 32.2. The van der Waals surface area contributed by atoms with Crippen LogP contribution in [0.25, 0.3) is 0 Å². The second kappa shape index (κ2) is 7.66. The first kappa shape index (κ1) is 19.1. The summed E-state index contributed by atoms with van der Waals surface area (Å²) in [4.78, 5) is 4.22. The normalized spacial score (nSPS) is 22.5. The van der Waals surface area contributed by atoms with Crippen LogP contribution < -0.4 is 0 Å². The molecule has 2 aliphatic heterocycles. The summed E-state index contributed by atoms with van der Waals surface area (Å²) in [5.41, 5.74) is 1.37. The Morgan fingerprint density at radius 2 is 1.93 bits per heavy atom. The molecule has 0 aliphatic carbocycles. The van der Waals surface area contributed by atoms with Crippen molar-refractivity contribution < 1.29 is 8.42 Å². The van der Waals surface area contributed by atoms with Crippen LogP contribution in [0, 0.1) is 13.8 Å². The first-order valence-corrected chi connectivity index (χ1v) is 12.1. The van der Waals surface area contributed by atoms with Crippen molar-refractivity contribution in [1.29, 1.82) is 0 Å². The zero-order chi connectivity index (χ0) is 19.0. The Hall–Kier alpha value is -1.22. The molecule has 2 fully saturated rings. The molecule has 2 saturated heterocycles. The zero-order valence-electron chi connectivity index (χ0n) is 16.1. The Labute approximate surface area is 165 Å². The molecule has 27 heavy (non-hydrogen) atoms. The Morgan fingerprint density at radius 3 is 2.63 bits per heavy atom. The molecule has 0 saturated carbocycles. The molecule has 0 unspecified atom stereocenters.